The number of hydrogen-bond donors (Lipinski definition) is 1. The molecule has 1 aromatic carbocycles. The van der Waals surface area contributed by atoms with Crippen molar-refractivity contribution >= 4 is 5.91 Å². The van der Waals surface area contributed by atoms with E-state index in [1.807, 2.05) is 48.5 Å². The Morgan fingerprint density at radius 2 is 1.91 bits per heavy atom. The van der Waals surface area contributed by atoms with Gasteiger partial charge in [0.25, 0.3) is 5.91 Å². The summed E-state index contributed by atoms with van der Waals surface area (Å²) in [5, 5.41) is 7.96. The van der Waals surface area contributed by atoms with E-state index in [2.05, 4.69) is 10.4 Å². The van der Waals surface area contributed by atoms with E-state index in [0.29, 0.717) is 23.7 Å². The van der Waals surface area contributed by atoms with E-state index in [-0.39, 0.29) is 5.91 Å². The Hall–Kier alpha value is -2.14. The maximum absolute atomic E-state index is 12.8. The molecule has 2 unspecified atom stereocenters. The molecule has 120 valence electrons. The number of para-hydroxylation sites is 1. The van der Waals surface area contributed by atoms with Crippen LogP contribution in [0.5, 0.6) is 0 Å². The molecule has 0 saturated carbocycles. The van der Waals surface area contributed by atoms with Gasteiger partial charge >= 0.3 is 0 Å². The van der Waals surface area contributed by atoms with Crippen LogP contribution in [0.1, 0.15) is 36.0 Å². The summed E-state index contributed by atoms with van der Waals surface area (Å²) < 4.78 is 1.76. The molecular weight excluding hydrogens is 288 g/mol. The van der Waals surface area contributed by atoms with Crippen molar-refractivity contribution in [3.8, 4) is 5.69 Å². The smallest absolute Gasteiger partial charge is 0.257 e. The number of amides is 1. The van der Waals surface area contributed by atoms with Crippen molar-refractivity contribution < 1.29 is 4.79 Å². The molecule has 2 fully saturated rings. The highest BCUT2D eigenvalue weighted by Gasteiger charge is 2.36. The van der Waals surface area contributed by atoms with Crippen LogP contribution in [0, 0.1) is 0 Å². The van der Waals surface area contributed by atoms with Crippen LogP contribution in [0.25, 0.3) is 5.69 Å². The molecule has 1 N–H and O–H groups in total. The molecule has 2 bridgehead atoms. The first-order chi connectivity index (χ1) is 11.2. The lowest BCUT2D eigenvalue weighted by atomic mass is 9.98. The van der Waals surface area contributed by atoms with Crippen molar-refractivity contribution in [2.24, 2.45) is 0 Å². The minimum atomic E-state index is 0.0680. The standard InChI is InChI=1S/C18H22N4O/c1-21(17-9-14-7-8-15(10-17)20-14)18(23)13-11-19-22(12-13)16-5-3-2-4-6-16/h2-6,11-12,14-15,17,20H,7-10H2,1H3. The first-order valence-corrected chi connectivity index (χ1v) is 8.34. The van der Waals surface area contributed by atoms with Gasteiger partial charge in [0.05, 0.1) is 17.4 Å². The third kappa shape index (κ3) is 2.77. The molecule has 1 aromatic heterocycles. The first kappa shape index (κ1) is 14.5. The fourth-order valence-corrected chi connectivity index (χ4v) is 3.87. The van der Waals surface area contributed by atoms with Gasteiger partial charge in [0.1, 0.15) is 0 Å². The number of rotatable bonds is 3. The van der Waals surface area contributed by atoms with Crippen molar-refractivity contribution in [3.05, 3.63) is 48.3 Å². The summed E-state index contributed by atoms with van der Waals surface area (Å²) in [7, 11) is 1.93. The Balaban J connectivity index is 1.49. The number of nitrogens with zero attached hydrogens (tertiary/aromatic N) is 3. The van der Waals surface area contributed by atoms with Gasteiger partial charge in [-0.05, 0) is 37.8 Å². The van der Waals surface area contributed by atoms with Gasteiger partial charge in [0.2, 0.25) is 0 Å². The van der Waals surface area contributed by atoms with Gasteiger partial charge in [0, 0.05) is 31.4 Å². The topological polar surface area (TPSA) is 50.2 Å². The third-order valence-corrected chi connectivity index (χ3v) is 5.17. The average molecular weight is 310 g/mol. The van der Waals surface area contributed by atoms with Crippen molar-refractivity contribution in [2.75, 3.05) is 7.05 Å². The zero-order valence-corrected chi connectivity index (χ0v) is 13.4. The molecule has 2 aromatic rings. The van der Waals surface area contributed by atoms with Crippen molar-refractivity contribution in [1.82, 2.24) is 20.0 Å². The van der Waals surface area contributed by atoms with Gasteiger partial charge in [-0.25, -0.2) is 4.68 Å². The molecular formula is C18H22N4O. The number of carbonyl (C=O) groups excluding carboxylic acids is 1. The lowest BCUT2D eigenvalue weighted by Crippen LogP contribution is -2.48. The number of nitrogens with one attached hydrogen (secondary N) is 1. The van der Waals surface area contributed by atoms with Gasteiger partial charge in [0.15, 0.2) is 0 Å². The summed E-state index contributed by atoms with van der Waals surface area (Å²) in [4.78, 5) is 14.7. The third-order valence-electron chi connectivity index (χ3n) is 5.17. The summed E-state index contributed by atoms with van der Waals surface area (Å²) in [6, 6.07) is 11.4. The molecule has 23 heavy (non-hydrogen) atoms. The second-order valence-corrected chi connectivity index (χ2v) is 6.69. The number of carbonyl (C=O) groups is 1. The number of hydrogen-bond acceptors (Lipinski definition) is 3. The normalized spacial score (nSPS) is 26.2. The second kappa shape index (κ2) is 5.81. The predicted octanol–water partition coefficient (Wildman–Crippen LogP) is 2.23. The molecule has 0 spiro atoms. The molecule has 2 saturated heterocycles. The van der Waals surface area contributed by atoms with Crippen molar-refractivity contribution in [1.29, 1.82) is 0 Å². The quantitative estimate of drug-likeness (QED) is 0.946. The molecule has 5 nitrogen and oxygen atoms in total. The van der Waals surface area contributed by atoms with E-state index in [9.17, 15) is 4.79 Å². The highest BCUT2D eigenvalue weighted by Crippen LogP contribution is 2.29. The maximum Gasteiger partial charge on any atom is 0.257 e. The van der Waals surface area contributed by atoms with Crippen LogP contribution in [-0.2, 0) is 0 Å². The number of benzene rings is 1. The summed E-state index contributed by atoms with van der Waals surface area (Å²) in [5.41, 5.74) is 1.62. The predicted molar refractivity (Wildman–Crippen MR) is 88.6 cm³/mol. The first-order valence-electron chi connectivity index (χ1n) is 8.34. The lowest BCUT2D eigenvalue weighted by Gasteiger charge is -2.35. The second-order valence-electron chi connectivity index (χ2n) is 6.69. The van der Waals surface area contributed by atoms with Gasteiger partial charge in [-0.1, -0.05) is 18.2 Å². The van der Waals surface area contributed by atoms with Gasteiger partial charge < -0.3 is 10.2 Å². The fourth-order valence-electron chi connectivity index (χ4n) is 3.87. The molecule has 2 atom stereocenters. The molecule has 1 amide bonds. The van der Waals surface area contributed by atoms with E-state index >= 15 is 0 Å². The minimum Gasteiger partial charge on any atom is -0.339 e. The highest BCUT2D eigenvalue weighted by molar-refractivity contribution is 5.93. The number of piperidine rings is 1. The van der Waals surface area contributed by atoms with E-state index in [0.717, 1.165) is 18.5 Å². The Morgan fingerprint density at radius 3 is 2.61 bits per heavy atom. The van der Waals surface area contributed by atoms with E-state index in [4.69, 9.17) is 0 Å². The monoisotopic (exact) mass is 310 g/mol. The van der Waals surface area contributed by atoms with E-state index in [1.165, 1.54) is 12.8 Å². The summed E-state index contributed by atoms with van der Waals surface area (Å²) in [6.07, 6.45) is 8.10. The maximum atomic E-state index is 12.8. The van der Waals surface area contributed by atoms with Gasteiger partial charge in [-0.15, -0.1) is 0 Å². The molecule has 0 radical (unpaired) electrons. The van der Waals surface area contributed by atoms with Gasteiger partial charge in [-0.3, -0.25) is 4.79 Å². The van der Waals surface area contributed by atoms with Crippen molar-refractivity contribution in [2.45, 2.75) is 43.8 Å². The molecule has 5 heteroatoms. The molecule has 2 aliphatic heterocycles. The van der Waals surface area contributed by atoms with Crippen LogP contribution in [-0.4, -0.2) is 45.8 Å². The zero-order valence-electron chi connectivity index (χ0n) is 13.4. The average Bonchev–Trinajstić information content (AvgIpc) is 3.21. The number of aromatic nitrogens is 2. The highest BCUT2D eigenvalue weighted by atomic mass is 16.2. The SMILES string of the molecule is CN(C(=O)c1cnn(-c2ccccc2)c1)C1CC2CCC(C1)N2. The fraction of sp³-hybridized carbons (Fsp3) is 0.444. The lowest BCUT2D eigenvalue weighted by molar-refractivity contribution is 0.0681. The van der Waals surface area contributed by atoms with Crippen LogP contribution < -0.4 is 5.32 Å². The van der Waals surface area contributed by atoms with E-state index < -0.39 is 0 Å². The Kier molecular flexibility index (Phi) is 3.65. The Bertz CT molecular complexity index is 684. The molecule has 2 aliphatic rings. The molecule has 4 rings (SSSR count). The summed E-state index contributed by atoms with van der Waals surface area (Å²) >= 11 is 0. The number of fused-ring (bicyclic) bond motifs is 2. The Labute approximate surface area is 136 Å². The van der Waals surface area contributed by atoms with Crippen molar-refractivity contribution in [3.63, 3.8) is 0 Å². The van der Waals surface area contributed by atoms with Crippen LogP contribution in [0.4, 0.5) is 0 Å². The van der Waals surface area contributed by atoms with Crippen LogP contribution >= 0.6 is 0 Å². The molecule has 0 aliphatic carbocycles. The minimum absolute atomic E-state index is 0.0680. The van der Waals surface area contributed by atoms with Gasteiger partial charge in [-0.2, -0.15) is 5.10 Å². The van der Waals surface area contributed by atoms with Crippen LogP contribution in [0.2, 0.25) is 0 Å². The summed E-state index contributed by atoms with van der Waals surface area (Å²) in [6.45, 7) is 0. The summed E-state index contributed by atoms with van der Waals surface area (Å²) in [5.74, 6) is 0.0680. The Morgan fingerprint density at radius 1 is 1.22 bits per heavy atom. The molecule has 3 heterocycles. The van der Waals surface area contributed by atoms with Crippen LogP contribution in [0.3, 0.4) is 0 Å². The largest absolute Gasteiger partial charge is 0.339 e. The van der Waals surface area contributed by atoms with E-state index in [1.54, 1.807) is 10.9 Å². The zero-order chi connectivity index (χ0) is 15.8. The van der Waals surface area contributed by atoms with Crippen LogP contribution in [0.15, 0.2) is 42.7 Å².